The Kier molecular flexibility index (Phi) is 6.50. The molecule has 31 heavy (non-hydrogen) atoms. The number of rotatable bonds is 6. The lowest BCUT2D eigenvalue weighted by Gasteiger charge is -2.42. The van der Waals surface area contributed by atoms with E-state index in [0.717, 1.165) is 37.6 Å². The number of carbonyl (C=O) groups excluding carboxylic acids is 2. The molecule has 7 nitrogen and oxygen atoms in total. The van der Waals surface area contributed by atoms with Gasteiger partial charge in [-0.15, -0.1) is 0 Å². The number of benzene rings is 1. The van der Waals surface area contributed by atoms with Gasteiger partial charge in [-0.25, -0.2) is 4.39 Å². The number of amides is 2. The number of aromatic nitrogens is 1. The number of nitrogens with zero attached hydrogens (tertiary/aromatic N) is 3. The van der Waals surface area contributed by atoms with Crippen LogP contribution in [0.1, 0.15) is 28.8 Å². The van der Waals surface area contributed by atoms with Crippen molar-refractivity contribution in [3.05, 3.63) is 64.7 Å². The van der Waals surface area contributed by atoms with Crippen LogP contribution in [0.25, 0.3) is 0 Å². The molecule has 1 aromatic heterocycles. The van der Waals surface area contributed by atoms with Crippen molar-refractivity contribution in [3.63, 3.8) is 0 Å². The molecule has 2 fully saturated rings. The molecular formula is C22H25ClFN5O2. The Bertz CT molecular complexity index is 950. The SMILES string of the molecule is O=C(NCCN1CCC2(CC1)C(=O)NCN2Cc1cccnc1)c1ccc(F)cc1Cl. The van der Waals surface area contributed by atoms with Gasteiger partial charge in [0.2, 0.25) is 5.91 Å². The van der Waals surface area contributed by atoms with Gasteiger partial charge in [0.15, 0.2) is 0 Å². The molecule has 2 aromatic rings. The van der Waals surface area contributed by atoms with Crippen molar-refractivity contribution in [1.29, 1.82) is 0 Å². The average Bonchev–Trinajstić information content (AvgIpc) is 3.05. The van der Waals surface area contributed by atoms with Crippen molar-refractivity contribution in [3.8, 4) is 0 Å². The molecule has 2 amide bonds. The Balaban J connectivity index is 1.28. The lowest BCUT2D eigenvalue weighted by atomic mass is 9.86. The summed E-state index contributed by atoms with van der Waals surface area (Å²) in [6, 6.07) is 7.66. The summed E-state index contributed by atoms with van der Waals surface area (Å²) in [6.07, 6.45) is 5.04. The Hall–Kier alpha value is -2.55. The summed E-state index contributed by atoms with van der Waals surface area (Å²) >= 11 is 5.95. The molecule has 1 aromatic carbocycles. The summed E-state index contributed by atoms with van der Waals surface area (Å²) in [6.45, 7) is 3.88. The van der Waals surface area contributed by atoms with Crippen molar-refractivity contribution < 1.29 is 14.0 Å². The van der Waals surface area contributed by atoms with Crippen LogP contribution in [0.3, 0.4) is 0 Å². The third-order valence-electron chi connectivity index (χ3n) is 6.13. The molecule has 164 valence electrons. The van der Waals surface area contributed by atoms with Crippen molar-refractivity contribution in [2.24, 2.45) is 0 Å². The van der Waals surface area contributed by atoms with E-state index in [-0.39, 0.29) is 22.4 Å². The second kappa shape index (κ2) is 9.30. The third-order valence-corrected chi connectivity index (χ3v) is 6.44. The Labute approximate surface area is 185 Å². The van der Waals surface area contributed by atoms with Crippen LogP contribution >= 0.6 is 11.6 Å². The molecule has 3 heterocycles. The van der Waals surface area contributed by atoms with Gasteiger partial charge in [-0.05, 0) is 42.7 Å². The first-order valence-electron chi connectivity index (χ1n) is 10.4. The first-order valence-corrected chi connectivity index (χ1v) is 10.7. The zero-order chi connectivity index (χ0) is 21.8. The van der Waals surface area contributed by atoms with E-state index in [1.54, 1.807) is 6.20 Å². The molecular weight excluding hydrogens is 421 g/mol. The molecule has 2 aliphatic heterocycles. The molecule has 2 aliphatic rings. The molecule has 0 atom stereocenters. The number of nitrogens with one attached hydrogen (secondary N) is 2. The largest absolute Gasteiger partial charge is 0.351 e. The molecule has 2 saturated heterocycles. The van der Waals surface area contributed by atoms with Crippen LogP contribution < -0.4 is 10.6 Å². The third kappa shape index (κ3) is 4.71. The molecule has 2 N–H and O–H groups in total. The summed E-state index contributed by atoms with van der Waals surface area (Å²) in [5, 5.41) is 5.93. The lowest BCUT2D eigenvalue weighted by Crippen LogP contribution is -2.56. The predicted molar refractivity (Wildman–Crippen MR) is 115 cm³/mol. The van der Waals surface area contributed by atoms with E-state index in [4.69, 9.17) is 11.6 Å². The van der Waals surface area contributed by atoms with Crippen LogP contribution in [0, 0.1) is 5.82 Å². The Morgan fingerprint density at radius 1 is 1.29 bits per heavy atom. The standard InChI is InChI=1S/C22H25ClFN5O2/c23-19-12-17(24)3-4-18(19)20(30)26-8-11-28-9-5-22(6-10-28)21(31)27-15-29(22)14-16-2-1-7-25-13-16/h1-4,7,12-13H,5-6,8-11,14-15H2,(H,26,30)(H,27,31). The number of carbonyl (C=O) groups is 2. The van der Waals surface area contributed by atoms with Crippen LogP contribution in [0.2, 0.25) is 5.02 Å². The minimum atomic E-state index is -0.489. The maximum atomic E-state index is 13.2. The highest BCUT2D eigenvalue weighted by atomic mass is 35.5. The van der Waals surface area contributed by atoms with Gasteiger partial charge in [0, 0.05) is 45.1 Å². The fourth-order valence-corrected chi connectivity index (χ4v) is 4.59. The van der Waals surface area contributed by atoms with E-state index < -0.39 is 11.4 Å². The van der Waals surface area contributed by atoms with Crippen LogP contribution in [-0.2, 0) is 11.3 Å². The number of hydrogen-bond donors (Lipinski definition) is 2. The summed E-state index contributed by atoms with van der Waals surface area (Å²) < 4.78 is 13.2. The van der Waals surface area contributed by atoms with Gasteiger partial charge in [-0.1, -0.05) is 17.7 Å². The van der Waals surface area contributed by atoms with Gasteiger partial charge in [0.05, 0.1) is 17.3 Å². The normalized spacial score (nSPS) is 18.8. The molecule has 9 heteroatoms. The van der Waals surface area contributed by atoms with Crippen molar-refractivity contribution >= 4 is 23.4 Å². The van der Waals surface area contributed by atoms with Crippen LogP contribution in [-0.4, -0.2) is 65.0 Å². The Morgan fingerprint density at radius 3 is 2.81 bits per heavy atom. The topological polar surface area (TPSA) is 77.6 Å². The van der Waals surface area contributed by atoms with Crippen molar-refractivity contribution in [2.75, 3.05) is 32.8 Å². The van der Waals surface area contributed by atoms with E-state index in [0.29, 0.717) is 26.3 Å². The summed E-state index contributed by atoms with van der Waals surface area (Å²) in [7, 11) is 0. The highest BCUT2D eigenvalue weighted by Gasteiger charge is 2.49. The molecule has 0 aliphatic carbocycles. The lowest BCUT2D eigenvalue weighted by molar-refractivity contribution is -0.129. The monoisotopic (exact) mass is 445 g/mol. The zero-order valence-electron chi connectivity index (χ0n) is 17.1. The molecule has 0 saturated carbocycles. The number of hydrogen-bond acceptors (Lipinski definition) is 5. The van der Waals surface area contributed by atoms with Gasteiger partial charge in [0.1, 0.15) is 11.4 Å². The number of likely N-dealkylation sites (tertiary alicyclic amines) is 1. The first-order chi connectivity index (χ1) is 15.0. The van der Waals surface area contributed by atoms with E-state index in [1.165, 1.54) is 12.1 Å². The van der Waals surface area contributed by atoms with Gasteiger partial charge in [-0.3, -0.25) is 19.5 Å². The highest BCUT2D eigenvalue weighted by molar-refractivity contribution is 6.33. The van der Waals surface area contributed by atoms with E-state index in [9.17, 15) is 14.0 Å². The molecule has 0 radical (unpaired) electrons. The molecule has 0 bridgehead atoms. The van der Waals surface area contributed by atoms with E-state index in [2.05, 4.69) is 25.4 Å². The van der Waals surface area contributed by atoms with Crippen LogP contribution in [0.4, 0.5) is 4.39 Å². The second-order valence-electron chi connectivity index (χ2n) is 7.98. The van der Waals surface area contributed by atoms with Gasteiger partial charge in [-0.2, -0.15) is 0 Å². The maximum Gasteiger partial charge on any atom is 0.252 e. The fourth-order valence-electron chi connectivity index (χ4n) is 4.33. The summed E-state index contributed by atoms with van der Waals surface area (Å²) in [4.78, 5) is 33.6. The zero-order valence-corrected chi connectivity index (χ0v) is 17.9. The van der Waals surface area contributed by atoms with Crippen molar-refractivity contribution in [1.82, 2.24) is 25.4 Å². The highest BCUT2D eigenvalue weighted by Crippen LogP contribution is 2.33. The van der Waals surface area contributed by atoms with E-state index >= 15 is 0 Å². The Morgan fingerprint density at radius 2 is 2.10 bits per heavy atom. The van der Waals surface area contributed by atoms with Crippen molar-refractivity contribution in [2.45, 2.75) is 24.9 Å². The number of piperidine rings is 1. The summed E-state index contributed by atoms with van der Waals surface area (Å²) in [5.74, 6) is -0.705. The number of pyridine rings is 1. The molecule has 4 rings (SSSR count). The van der Waals surface area contributed by atoms with Gasteiger partial charge < -0.3 is 15.5 Å². The predicted octanol–water partition coefficient (Wildman–Crippen LogP) is 2.03. The van der Waals surface area contributed by atoms with Gasteiger partial charge >= 0.3 is 0 Å². The fraction of sp³-hybridized carbons (Fsp3) is 0.409. The van der Waals surface area contributed by atoms with Crippen LogP contribution in [0.5, 0.6) is 0 Å². The number of halogens is 2. The minimum Gasteiger partial charge on any atom is -0.351 e. The quantitative estimate of drug-likeness (QED) is 0.711. The van der Waals surface area contributed by atoms with E-state index in [1.807, 2.05) is 18.3 Å². The van der Waals surface area contributed by atoms with Crippen LogP contribution in [0.15, 0.2) is 42.7 Å². The summed E-state index contributed by atoms with van der Waals surface area (Å²) in [5.41, 5.74) is 0.856. The average molecular weight is 446 g/mol. The molecule has 1 spiro atoms. The first kappa shape index (κ1) is 21.7. The minimum absolute atomic E-state index is 0.0929. The maximum absolute atomic E-state index is 13.2. The smallest absolute Gasteiger partial charge is 0.252 e. The molecule has 0 unspecified atom stereocenters. The van der Waals surface area contributed by atoms with Gasteiger partial charge in [0.25, 0.3) is 5.91 Å². The second-order valence-corrected chi connectivity index (χ2v) is 8.38.